The molecule has 0 aliphatic carbocycles. The number of amides is 3. The number of rotatable bonds is 13. The molecule has 0 spiro atoms. The Morgan fingerprint density at radius 3 is 2.13 bits per heavy atom. The molecular weight excluding hydrogens is 498 g/mol. The van der Waals surface area contributed by atoms with Crippen molar-refractivity contribution < 1.29 is 24.2 Å². The summed E-state index contributed by atoms with van der Waals surface area (Å²) in [6, 6.07) is 18.5. The van der Waals surface area contributed by atoms with Crippen LogP contribution in [0.15, 0.2) is 65.7 Å². The van der Waals surface area contributed by atoms with E-state index >= 15 is 0 Å². The summed E-state index contributed by atoms with van der Waals surface area (Å²) in [7, 11) is 0. The predicted octanol–water partition coefficient (Wildman–Crippen LogP) is 2.73. The molecule has 2 atom stereocenters. The standard InChI is InChI=1S/C29H41N5O5/c1-28(2,3)39-27(38)32-19-23(20-35)29(25(37)33-26(30)31,22-16-10-6-11-17-22)34-24(36)18-12-5-9-15-21-13-7-4-8-14-21/h4,6-8,10-11,13-14,16-17,23,35H,5,9,12,15,18-20H2,1-3H3,(H,32,38)(H,34,36)(H4,30,31,33,37)/t23-,29+/m1/s1. The Balaban J connectivity index is 2.27. The van der Waals surface area contributed by atoms with Crippen LogP contribution < -0.4 is 22.1 Å². The summed E-state index contributed by atoms with van der Waals surface area (Å²) in [6.45, 7) is 4.36. The molecule has 0 aliphatic heterocycles. The van der Waals surface area contributed by atoms with E-state index in [0.717, 1.165) is 19.3 Å². The van der Waals surface area contributed by atoms with Crippen LogP contribution in [0.4, 0.5) is 4.79 Å². The minimum atomic E-state index is -1.85. The average molecular weight is 540 g/mol. The molecule has 0 aliphatic rings. The van der Waals surface area contributed by atoms with Crippen molar-refractivity contribution in [1.29, 1.82) is 0 Å². The van der Waals surface area contributed by atoms with Crippen LogP contribution in [-0.2, 0) is 26.3 Å². The van der Waals surface area contributed by atoms with E-state index in [9.17, 15) is 19.5 Å². The van der Waals surface area contributed by atoms with Gasteiger partial charge in [-0.25, -0.2) is 4.79 Å². The van der Waals surface area contributed by atoms with Crippen molar-refractivity contribution >= 4 is 23.9 Å². The van der Waals surface area contributed by atoms with Crippen molar-refractivity contribution in [3.63, 3.8) is 0 Å². The molecule has 0 saturated carbocycles. The fourth-order valence-electron chi connectivity index (χ4n) is 4.26. The topological polar surface area (TPSA) is 169 Å². The average Bonchev–Trinajstić information content (AvgIpc) is 2.87. The lowest BCUT2D eigenvalue weighted by Crippen LogP contribution is -2.60. The maximum Gasteiger partial charge on any atom is 0.407 e. The van der Waals surface area contributed by atoms with E-state index in [4.69, 9.17) is 16.2 Å². The van der Waals surface area contributed by atoms with Crippen molar-refractivity contribution in [2.45, 2.75) is 64.0 Å². The van der Waals surface area contributed by atoms with E-state index < -0.39 is 47.5 Å². The van der Waals surface area contributed by atoms with Gasteiger partial charge in [-0.15, -0.1) is 0 Å². The van der Waals surface area contributed by atoms with Crippen molar-refractivity contribution in [2.24, 2.45) is 22.4 Å². The number of benzene rings is 2. The first-order valence-electron chi connectivity index (χ1n) is 13.1. The number of hydrogen-bond donors (Lipinski definition) is 5. The van der Waals surface area contributed by atoms with Crippen LogP contribution in [0.2, 0.25) is 0 Å². The fraction of sp³-hybridized carbons (Fsp3) is 0.448. The van der Waals surface area contributed by atoms with Crippen LogP contribution >= 0.6 is 0 Å². The number of carbonyl (C=O) groups is 3. The zero-order valence-corrected chi connectivity index (χ0v) is 23.0. The number of aliphatic imine (C=N–C) groups is 1. The molecule has 3 amide bonds. The number of nitrogens with two attached hydrogens (primary N) is 2. The summed E-state index contributed by atoms with van der Waals surface area (Å²) < 4.78 is 5.29. The Labute approximate surface area is 230 Å². The van der Waals surface area contributed by atoms with Gasteiger partial charge >= 0.3 is 6.09 Å². The largest absolute Gasteiger partial charge is 0.444 e. The number of aryl methyl sites for hydroxylation is 1. The molecule has 0 aromatic heterocycles. The summed E-state index contributed by atoms with van der Waals surface area (Å²) in [6.07, 6.45) is 2.64. The van der Waals surface area contributed by atoms with Crippen molar-refractivity contribution in [2.75, 3.05) is 13.2 Å². The van der Waals surface area contributed by atoms with Gasteiger partial charge in [0.05, 0.1) is 6.61 Å². The molecule has 39 heavy (non-hydrogen) atoms. The zero-order chi connectivity index (χ0) is 28.9. The van der Waals surface area contributed by atoms with Gasteiger partial charge in [0.2, 0.25) is 5.91 Å². The highest BCUT2D eigenvalue weighted by Crippen LogP contribution is 2.32. The summed E-state index contributed by atoms with van der Waals surface area (Å²) in [5.41, 5.74) is 10.1. The van der Waals surface area contributed by atoms with Gasteiger partial charge in [0, 0.05) is 18.9 Å². The molecular formula is C29H41N5O5. The molecule has 10 nitrogen and oxygen atoms in total. The second kappa shape index (κ2) is 14.9. The SMILES string of the molecule is CC(C)(C)OC(=O)NC[C@H](CO)[C@](NC(=O)CCCCCc1ccccc1)(C(=O)N=C(N)N)c1ccccc1. The van der Waals surface area contributed by atoms with E-state index in [1.807, 2.05) is 18.2 Å². The summed E-state index contributed by atoms with van der Waals surface area (Å²) >= 11 is 0. The number of nitrogens with zero attached hydrogens (tertiary/aromatic N) is 1. The number of ether oxygens (including phenoxy) is 1. The minimum Gasteiger partial charge on any atom is -0.444 e. The third-order valence-corrected chi connectivity index (χ3v) is 6.07. The Morgan fingerprint density at radius 1 is 0.949 bits per heavy atom. The molecule has 2 aromatic carbocycles. The number of guanidine groups is 1. The third kappa shape index (κ3) is 10.0. The first kappa shape index (κ1) is 31.3. The van der Waals surface area contributed by atoms with Crippen molar-refractivity contribution in [3.8, 4) is 0 Å². The molecule has 10 heteroatoms. The lowest BCUT2D eigenvalue weighted by atomic mass is 9.76. The number of alkyl carbamates (subject to hydrolysis) is 1. The maximum atomic E-state index is 13.6. The van der Waals surface area contributed by atoms with Gasteiger partial charge in [-0.05, 0) is 51.2 Å². The van der Waals surface area contributed by atoms with Crippen LogP contribution in [-0.4, -0.2) is 47.7 Å². The van der Waals surface area contributed by atoms with Crippen molar-refractivity contribution in [3.05, 3.63) is 71.8 Å². The first-order chi connectivity index (χ1) is 18.5. The Hall–Kier alpha value is -3.92. The highest BCUT2D eigenvalue weighted by atomic mass is 16.6. The van der Waals surface area contributed by atoms with E-state index in [0.29, 0.717) is 12.0 Å². The van der Waals surface area contributed by atoms with E-state index in [2.05, 4.69) is 27.8 Å². The summed E-state index contributed by atoms with van der Waals surface area (Å²) in [5.74, 6) is -2.79. The van der Waals surface area contributed by atoms with Crippen LogP contribution in [0.1, 0.15) is 57.6 Å². The molecule has 0 bridgehead atoms. The minimum absolute atomic E-state index is 0.149. The van der Waals surface area contributed by atoms with Gasteiger partial charge in [-0.1, -0.05) is 67.1 Å². The van der Waals surface area contributed by atoms with E-state index in [1.54, 1.807) is 51.1 Å². The number of carbonyl (C=O) groups excluding carboxylic acids is 3. The van der Waals surface area contributed by atoms with Crippen LogP contribution in [0.5, 0.6) is 0 Å². The molecule has 0 fully saturated rings. The lowest BCUT2D eigenvalue weighted by Gasteiger charge is -2.38. The van der Waals surface area contributed by atoms with Gasteiger partial charge < -0.3 is 31.9 Å². The monoisotopic (exact) mass is 539 g/mol. The summed E-state index contributed by atoms with van der Waals surface area (Å²) in [5, 5.41) is 15.8. The Morgan fingerprint density at radius 2 is 1.56 bits per heavy atom. The molecule has 7 N–H and O–H groups in total. The Bertz CT molecular complexity index is 1100. The molecule has 2 aromatic rings. The quantitative estimate of drug-likeness (QED) is 0.148. The normalized spacial score (nSPS) is 13.4. The summed E-state index contributed by atoms with van der Waals surface area (Å²) in [4.78, 5) is 42.9. The van der Waals surface area contributed by atoms with Gasteiger partial charge in [-0.2, -0.15) is 4.99 Å². The number of aliphatic hydroxyl groups is 1. The smallest absolute Gasteiger partial charge is 0.407 e. The maximum absolute atomic E-state index is 13.6. The molecule has 0 radical (unpaired) electrons. The Kier molecular flexibility index (Phi) is 11.9. The number of nitrogens with one attached hydrogen (secondary N) is 2. The van der Waals surface area contributed by atoms with Crippen LogP contribution in [0.25, 0.3) is 0 Å². The lowest BCUT2D eigenvalue weighted by molar-refractivity contribution is -0.135. The zero-order valence-electron chi connectivity index (χ0n) is 23.0. The predicted molar refractivity (Wildman–Crippen MR) is 151 cm³/mol. The second-order valence-electron chi connectivity index (χ2n) is 10.4. The number of hydrogen-bond acceptors (Lipinski definition) is 5. The fourth-order valence-corrected chi connectivity index (χ4v) is 4.26. The first-order valence-corrected chi connectivity index (χ1v) is 13.1. The number of unbranched alkanes of at least 4 members (excludes halogenated alkanes) is 2. The van der Waals surface area contributed by atoms with E-state index in [1.165, 1.54) is 5.56 Å². The van der Waals surface area contributed by atoms with Crippen LogP contribution in [0.3, 0.4) is 0 Å². The van der Waals surface area contributed by atoms with E-state index in [-0.39, 0.29) is 13.0 Å². The molecule has 212 valence electrons. The van der Waals surface area contributed by atoms with Gasteiger partial charge in [0.25, 0.3) is 5.91 Å². The van der Waals surface area contributed by atoms with Gasteiger partial charge in [0.15, 0.2) is 11.5 Å². The van der Waals surface area contributed by atoms with Crippen LogP contribution in [0, 0.1) is 5.92 Å². The van der Waals surface area contributed by atoms with Gasteiger partial charge in [-0.3, -0.25) is 9.59 Å². The molecule has 0 saturated heterocycles. The highest BCUT2D eigenvalue weighted by Gasteiger charge is 2.48. The number of aliphatic hydroxyl groups excluding tert-OH is 1. The molecule has 2 rings (SSSR count). The second-order valence-corrected chi connectivity index (χ2v) is 10.4. The molecule has 0 heterocycles. The third-order valence-electron chi connectivity index (χ3n) is 6.07. The van der Waals surface area contributed by atoms with Crippen molar-refractivity contribution in [1.82, 2.24) is 10.6 Å². The highest BCUT2D eigenvalue weighted by molar-refractivity contribution is 5.99. The molecule has 0 unspecified atom stereocenters. The van der Waals surface area contributed by atoms with Gasteiger partial charge in [0.1, 0.15) is 5.60 Å².